The van der Waals surface area contributed by atoms with Crippen LogP contribution in [0.4, 0.5) is 0 Å². The second-order valence-corrected chi connectivity index (χ2v) is 8.42. The van der Waals surface area contributed by atoms with E-state index in [0.717, 1.165) is 34.3 Å². The van der Waals surface area contributed by atoms with E-state index in [9.17, 15) is 0 Å². The van der Waals surface area contributed by atoms with Gasteiger partial charge in [-0.1, -0.05) is 47.4 Å². The Kier molecular flexibility index (Phi) is 7.36. The van der Waals surface area contributed by atoms with Gasteiger partial charge in [-0.3, -0.25) is 0 Å². The maximum Gasteiger partial charge on any atom is 0.0465 e. The Hall–Kier alpha value is 0.260. The molecule has 2 rings (SSSR count). The first-order valence-corrected chi connectivity index (χ1v) is 9.84. The fourth-order valence-electron chi connectivity index (χ4n) is 2.80. The summed E-state index contributed by atoms with van der Waals surface area (Å²) >= 11 is 12.0. The van der Waals surface area contributed by atoms with Crippen molar-refractivity contribution in [3.05, 3.63) is 33.3 Å². The highest BCUT2D eigenvalue weighted by Gasteiger charge is 2.19. The highest BCUT2D eigenvalue weighted by molar-refractivity contribution is 9.10. The van der Waals surface area contributed by atoms with Crippen molar-refractivity contribution in [2.24, 2.45) is 0 Å². The zero-order valence-corrected chi connectivity index (χ0v) is 15.9. The van der Waals surface area contributed by atoms with Gasteiger partial charge in [-0.15, -0.1) is 0 Å². The molecule has 2 atom stereocenters. The molecule has 0 spiro atoms. The molecule has 1 aliphatic heterocycles. The van der Waals surface area contributed by atoms with Crippen LogP contribution in [-0.4, -0.2) is 42.1 Å². The molecule has 0 saturated carbocycles. The van der Waals surface area contributed by atoms with Crippen molar-refractivity contribution in [2.45, 2.75) is 31.6 Å². The summed E-state index contributed by atoms with van der Waals surface area (Å²) in [6, 6.07) is 6.53. The molecule has 5 heteroatoms. The van der Waals surface area contributed by atoms with Gasteiger partial charge in [0.15, 0.2) is 0 Å². The second-order valence-electron chi connectivity index (χ2n) is 5.55. The number of nitrogens with zero attached hydrogens (tertiary/aromatic N) is 1. The number of rotatable bonds is 6. The fourth-order valence-corrected chi connectivity index (χ4v) is 4.69. The third-order valence-corrected chi connectivity index (χ3v) is 5.80. The quantitative estimate of drug-likeness (QED) is 0.764. The lowest BCUT2D eigenvalue weighted by Crippen LogP contribution is -2.38. The number of hydrogen-bond acceptors (Lipinski definition) is 3. The largest absolute Gasteiger partial charge is 0.310 e. The van der Waals surface area contributed by atoms with Gasteiger partial charge in [0.1, 0.15) is 0 Å². The summed E-state index contributed by atoms with van der Waals surface area (Å²) in [7, 11) is 0. The highest BCUT2D eigenvalue weighted by Crippen LogP contribution is 2.29. The lowest BCUT2D eigenvalue weighted by atomic mass is 10.0. The van der Waals surface area contributed by atoms with Gasteiger partial charge in [0, 0.05) is 46.2 Å². The molecule has 1 aliphatic rings. The van der Waals surface area contributed by atoms with E-state index < -0.39 is 0 Å². The molecule has 0 bridgehead atoms. The predicted molar refractivity (Wildman–Crippen MR) is 98.5 cm³/mol. The molecule has 1 heterocycles. The predicted octanol–water partition coefficient (Wildman–Crippen LogP) is 4.58. The van der Waals surface area contributed by atoms with Crippen LogP contribution in [0.15, 0.2) is 22.7 Å². The highest BCUT2D eigenvalue weighted by atomic mass is 79.9. The van der Waals surface area contributed by atoms with Crippen molar-refractivity contribution in [3.8, 4) is 0 Å². The van der Waals surface area contributed by atoms with Crippen molar-refractivity contribution >= 4 is 39.3 Å². The third kappa shape index (κ3) is 5.43. The molecule has 2 nitrogen and oxygen atoms in total. The third-order valence-electron chi connectivity index (χ3n) is 3.85. The van der Waals surface area contributed by atoms with Gasteiger partial charge in [-0.25, -0.2) is 0 Å². The van der Waals surface area contributed by atoms with E-state index >= 15 is 0 Å². The average molecular weight is 392 g/mol. The minimum Gasteiger partial charge on any atom is -0.310 e. The minimum absolute atomic E-state index is 0.334. The summed E-state index contributed by atoms with van der Waals surface area (Å²) in [4.78, 5) is 2.58. The summed E-state index contributed by atoms with van der Waals surface area (Å²) in [5, 5.41) is 5.18. The molecular formula is C16H24BrClN2S. The molecule has 0 radical (unpaired) electrons. The zero-order valence-electron chi connectivity index (χ0n) is 12.7. The maximum atomic E-state index is 6.42. The Bertz CT molecular complexity index is 458. The fraction of sp³-hybridized carbons (Fsp3) is 0.625. The lowest BCUT2D eigenvalue weighted by molar-refractivity contribution is 0.268. The number of thioether (sulfide) groups is 1. The Morgan fingerprint density at radius 1 is 1.52 bits per heavy atom. The van der Waals surface area contributed by atoms with Crippen LogP contribution in [0.25, 0.3) is 0 Å². The molecule has 0 aliphatic carbocycles. The number of nitrogens with one attached hydrogen (secondary N) is 1. The topological polar surface area (TPSA) is 15.3 Å². The Morgan fingerprint density at radius 2 is 2.33 bits per heavy atom. The van der Waals surface area contributed by atoms with Crippen molar-refractivity contribution in [3.63, 3.8) is 0 Å². The first kappa shape index (κ1) is 17.6. The van der Waals surface area contributed by atoms with Crippen LogP contribution in [0.3, 0.4) is 0 Å². The van der Waals surface area contributed by atoms with E-state index in [1.165, 1.54) is 24.4 Å². The summed E-state index contributed by atoms with van der Waals surface area (Å²) in [5.41, 5.74) is 1.21. The monoisotopic (exact) mass is 390 g/mol. The maximum absolute atomic E-state index is 6.42. The van der Waals surface area contributed by atoms with Gasteiger partial charge in [-0.2, -0.15) is 11.8 Å². The second kappa shape index (κ2) is 8.78. The standard InChI is InChI=1S/C16H24BrClN2S/c1-3-19-16(14-5-4-13(17)10-15(14)18)6-7-20-8-9-21-12(2)11-20/h4-5,10,12,16,19H,3,6-9,11H2,1-2H3. The molecule has 118 valence electrons. The Balaban J connectivity index is 1.98. The van der Waals surface area contributed by atoms with Crippen LogP contribution in [0.5, 0.6) is 0 Å². The van der Waals surface area contributed by atoms with Gasteiger partial charge in [0.25, 0.3) is 0 Å². The zero-order chi connectivity index (χ0) is 15.2. The number of hydrogen-bond donors (Lipinski definition) is 1. The first-order valence-electron chi connectivity index (χ1n) is 7.62. The minimum atomic E-state index is 0.334. The molecule has 21 heavy (non-hydrogen) atoms. The molecule has 1 fully saturated rings. The van der Waals surface area contributed by atoms with Gasteiger partial charge in [-0.05, 0) is 30.7 Å². The van der Waals surface area contributed by atoms with Crippen LogP contribution in [-0.2, 0) is 0 Å². The van der Waals surface area contributed by atoms with Crippen molar-refractivity contribution in [1.82, 2.24) is 10.2 Å². The SMILES string of the molecule is CCNC(CCN1CCSC(C)C1)c1ccc(Br)cc1Cl. The van der Waals surface area contributed by atoms with Crippen LogP contribution >= 0.6 is 39.3 Å². The molecular weight excluding hydrogens is 368 g/mol. The molecule has 1 N–H and O–H groups in total. The lowest BCUT2D eigenvalue weighted by Gasteiger charge is -2.32. The van der Waals surface area contributed by atoms with E-state index in [-0.39, 0.29) is 0 Å². The summed E-state index contributed by atoms with van der Waals surface area (Å²) < 4.78 is 1.04. The van der Waals surface area contributed by atoms with Crippen molar-refractivity contribution in [1.29, 1.82) is 0 Å². The first-order chi connectivity index (χ1) is 10.1. The van der Waals surface area contributed by atoms with Crippen LogP contribution in [0.2, 0.25) is 5.02 Å². The molecule has 0 amide bonds. The number of halogens is 2. The van der Waals surface area contributed by atoms with E-state index in [1.54, 1.807) is 0 Å². The van der Waals surface area contributed by atoms with Gasteiger partial charge in [0.05, 0.1) is 0 Å². The van der Waals surface area contributed by atoms with E-state index in [2.05, 4.69) is 63.9 Å². The molecule has 0 aromatic heterocycles. The molecule has 1 saturated heterocycles. The van der Waals surface area contributed by atoms with Gasteiger partial charge >= 0.3 is 0 Å². The van der Waals surface area contributed by atoms with Gasteiger partial charge < -0.3 is 10.2 Å². The summed E-state index contributed by atoms with van der Waals surface area (Å²) in [6.45, 7) is 8.99. The van der Waals surface area contributed by atoms with E-state index in [1.807, 2.05) is 6.07 Å². The van der Waals surface area contributed by atoms with E-state index in [4.69, 9.17) is 11.6 Å². The normalized spacial score (nSPS) is 21.4. The van der Waals surface area contributed by atoms with Crippen molar-refractivity contribution in [2.75, 3.05) is 31.9 Å². The summed E-state index contributed by atoms with van der Waals surface area (Å²) in [5.74, 6) is 1.26. The molecule has 1 aromatic rings. The van der Waals surface area contributed by atoms with Gasteiger partial charge in [0.2, 0.25) is 0 Å². The molecule has 2 unspecified atom stereocenters. The Labute approximate surface area is 146 Å². The smallest absolute Gasteiger partial charge is 0.0465 e. The van der Waals surface area contributed by atoms with Crippen LogP contribution in [0.1, 0.15) is 31.9 Å². The summed E-state index contributed by atoms with van der Waals surface area (Å²) in [6.07, 6.45) is 1.10. The Morgan fingerprint density at radius 3 is 3.00 bits per heavy atom. The molecule has 1 aromatic carbocycles. The van der Waals surface area contributed by atoms with E-state index in [0.29, 0.717) is 6.04 Å². The van der Waals surface area contributed by atoms with Crippen molar-refractivity contribution < 1.29 is 0 Å². The average Bonchev–Trinajstić information content (AvgIpc) is 2.44. The van der Waals surface area contributed by atoms with Crippen LogP contribution < -0.4 is 5.32 Å². The van der Waals surface area contributed by atoms with Crippen LogP contribution in [0, 0.1) is 0 Å². The number of benzene rings is 1.